The molecule has 2 rings (SSSR count). The first-order chi connectivity index (χ1) is 8.68. The average Bonchev–Trinajstić information content (AvgIpc) is 2.40. The molecule has 92 valence electrons. The summed E-state index contributed by atoms with van der Waals surface area (Å²) in [5.74, 6) is -1.53. The van der Waals surface area contributed by atoms with Crippen LogP contribution in [0.3, 0.4) is 0 Å². The third kappa shape index (κ3) is 2.57. The van der Waals surface area contributed by atoms with Gasteiger partial charge in [-0.3, -0.25) is 4.79 Å². The minimum atomic E-state index is -0.553. The second kappa shape index (κ2) is 5.18. The van der Waals surface area contributed by atoms with Crippen molar-refractivity contribution in [1.82, 2.24) is 10.3 Å². The quantitative estimate of drug-likeness (QED) is 0.762. The molecule has 5 nitrogen and oxygen atoms in total. The zero-order valence-corrected chi connectivity index (χ0v) is 9.50. The number of aromatic hydroxyl groups is 2. The number of nitrogens with zero attached hydrogens (tertiary/aromatic N) is 1. The van der Waals surface area contributed by atoms with E-state index in [9.17, 15) is 15.0 Å². The zero-order valence-electron chi connectivity index (χ0n) is 9.50. The van der Waals surface area contributed by atoms with Crippen molar-refractivity contribution in [3.05, 3.63) is 53.7 Å². The van der Waals surface area contributed by atoms with E-state index in [1.165, 1.54) is 12.3 Å². The summed E-state index contributed by atoms with van der Waals surface area (Å²) >= 11 is 0. The van der Waals surface area contributed by atoms with Crippen molar-refractivity contribution in [3.63, 3.8) is 0 Å². The standard InChI is InChI=1S/C13H12N2O3/c16-11-10(6-7-14-13(11)18)12(17)15-8-9-4-2-1-3-5-9/h1-7,16H,8H2,(H,14,18)(H,15,17). The molecule has 0 bridgehead atoms. The molecule has 0 radical (unpaired) electrons. The van der Waals surface area contributed by atoms with Crippen molar-refractivity contribution in [2.45, 2.75) is 6.54 Å². The van der Waals surface area contributed by atoms with Gasteiger partial charge in [0.05, 0.1) is 5.56 Å². The monoisotopic (exact) mass is 244 g/mol. The molecular weight excluding hydrogens is 232 g/mol. The Morgan fingerprint density at radius 2 is 1.89 bits per heavy atom. The third-order valence-corrected chi connectivity index (χ3v) is 2.45. The molecule has 0 fully saturated rings. The maximum atomic E-state index is 11.8. The molecule has 0 aliphatic rings. The van der Waals surface area contributed by atoms with E-state index < -0.39 is 17.5 Å². The number of benzene rings is 1. The first kappa shape index (κ1) is 11.9. The van der Waals surface area contributed by atoms with Crippen LogP contribution < -0.4 is 5.32 Å². The first-order valence-electron chi connectivity index (χ1n) is 5.37. The van der Waals surface area contributed by atoms with E-state index in [1.54, 1.807) is 0 Å². The molecule has 0 aliphatic heterocycles. The van der Waals surface area contributed by atoms with E-state index in [-0.39, 0.29) is 5.56 Å². The topological polar surface area (TPSA) is 82.5 Å². The number of nitrogens with one attached hydrogen (secondary N) is 1. The average molecular weight is 244 g/mol. The van der Waals surface area contributed by atoms with E-state index in [2.05, 4.69) is 10.3 Å². The molecule has 0 atom stereocenters. The Morgan fingerprint density at radius 3 is 2.61 bits per heavy atom. The molecule has 1 heterocycles. The highest BCUT2D eigenvalue weighted by molar-refractivity contribution is 5.97. The molecule has 5 heteroatoms. The van der Waals surface area contributed by atoms with Crippen LogP contribution in [-0.4, -0.2) is 21.1 Å². The number of hydrogen-bond donors (Lipinski definition) is 3. The van der Waals surface area contributed by atoms with Crippen LogP contribution in [0.25, 0.3) is 0 Å². The van der Waals surface area contributed by atoms with Gasteiger partial charge in [0.15, 0.2) is 5.75 Å². The molecule has 2 aromatic rings. The van der Waals surface area contributed by atoms with Crippen LogP contribution in [0.1, 0.15) is 15.9 Å². The van der Waals surface area contributed by atoms with E-state index in [1.807, 2.05) is 30.3 Å². The Labute approximate surface area is 104 Å². The largest absolute Gasteiger partial charge is 0.503 e. The molecule has 3 N–H and O–H groups in total. The number of hydrogen-bond acceptors (Lipinski definition) is 4. The van der Waals surface area contributed by atoms with Crippen LogP contribution in [0.5, 0.6) is 11.6 Å². The van der Waals surface area contributed by atoms with Crippen molar-refractivity contribution >= 4 is 5.91 Å². The van der Waals surface area contributed by atoms with Crippen LogP contribution in [-0.2, 0) is 6.54 Å². The lowest BCUT2D eigenvalue weighted by molar-refractivity contribution is 0.0947. The fraction of sp³-hybridized carbons (Fsp3) is 0.0769. The van der Waals surface area contributed by atoms with Crippen molar-refractivity contribution in [2.75, 3.05) is 0 Å². The van der Waals surface area contributed by atoms with Gasteiger partial charge in [-0.1, -0.05) is 30.3 Å². The molecule has 0 saturated heterocycles. The Kier molecular flexibility index (Phi) is 3.43. The highest BCUT2D eigenvalue weighted by Crippen LogP contribution is 2.25. The van der Waals surface area contributed by atoms with Crippen LogP contribution in [0, 0.1) is 0 Å². The van der Waals surface area contributed by atoms with Gasteiger partial charge in [0.1, 0.15) is 0 Å². The summed E-state index contributed by atoms with van der Waals surface area (Å²) in [6, 6.07) is 10.7. The third-order valence-electron chi connectivity index (χ3n) is 2.45. The van der Waals surface area contributed by atoms with Gasteiger partial charge >= 0.3 is 0 Å². The summed E-state index contributed by atoms with van der Waals surface area (Å²) < 4.78 is 0. The number of rotatable bonds is 3. The number of carbonyl (C=O) groups is 1. The molecule has 1 amide bonds. The molecule has 1 aromatic carbocycles. The fourth-order valence-electron chi connectivity index (χ4n) is 1.50. The summed E-state index contributed by atoms with van der Waals surface area (Å²) in [6.07, 6.45) is 1.26. The number of carbonyl (C=O) groups excluding carboxylic acids is 1. The molecule has 1 aromatic heterocycles. The number of aromatic nitrogens is 1. The van der Waals surface area contributed by atoms with Gasteiger partial charge in [0, 0.05) is 12.7 Å². The molecule has 18 heavy (non-hydrogen) atoms. The minimum absolute atomic E-state index is 0.00145. The van der Waals surface area contributed by atoms with Crippen molar-refractivity contribution in [1.29, 1.82) is 0 Å². The van der Waals surface area contributed by atoms with Crippen LogP contribution in [0.4, 0.5) is 0 Å². The lowest BCUT2D eigenvalue weighted by Crippen LogP contribution is -2.22. The Morgan fingerprint density at radius 1 is 1.17 bits per heavy atom. The van der Waals surface area contributed by atoms with Crippen LogP contribution in [0.2, 0.25) is 0 Å². The van der Waals surface area contributed by atoms with Gasteiger partial charge in [-0.25, -0.2) is 4.98 Å². The number of pyridine rings is 1. The lowest BCUT2D eigenvalue weighted by atomic mass is 10.2. The van der Waals surface area contributed by atoms with Crippen LogP contribution >= 0.6 is 0 Å². The predicted molar refractivity (Wildman–Crippen MR) is 65.2 cm³/mol. The summed E-state index contributed by atoms with van der Waals surface area (Å²) in [7, 11) is 0. The van der Waals surface area contributed by atoms with Gasteiger partial charge in [-0.2, -0.15) is 0 Å². The summed E-state index contributed by atoms with van der Waals surface area (Å²) in [4.78, 5) is 15.2. The van der Waals surface area contributed by atoms with Gasteiger partial charge < -0.3 is 15.5 Å². The summed E-state index contributed by atoms with van der Waals surface area (Å²) in [6.45, 7) is 0.349. The molecule has 0 saturated carbocycles. The first-order valence-corrected chi connectivity index (χ1v) is 5.37. The zero-order chi connectivity index (χ0) is 13.0. The molecular formula is C13H12N2O3. The predicted octanol–water partition coefficient (Wildman–Crippen LogP) is 1.42. The van der Waals surface area contributed by atoms with E-state index in [0.29, 0.717) is 6.54 Å². The Hall–Kier alpha value is -2.56. The van der Waals surface area contributed by atoms with E-state index in [0.717, 1.165) is 5.56 Å². The van der Waals surface area contributed by atoms with E-state index in [4.69, 9.17) is 0 Å². The number of amides is 1. The van der Waals surface area contributed by atoms with Crippen molar-refractivity contribution in [2.24, 2.45) is 0 Å². The Bertz CT molecular complexity index is 555. The van der Waals surface area contributed by atoms with E-state index >= 15 is 0 Å². The fourth-order valence-corrected chi connectivity index (χ4v) is 1.50. The summed E-state index contributed by atoms with van der Waals surface area (Å²) in [5, 5.41) is 21.3. The smallest absolute Gasteiger partial charge is 0.255 e. The highest BCUT2D eigenvalue weighted by atomic mass is 16.3. The minimum Gasteiger partial charge on any atom is -0.503 e. The van der Waals surface area contributed by atoms with Gasteiger partial charge in [-0.05, 0) is 11.6 Å². The second-order valence-electron chi connectivity index (χ2n) is 3.70. The van der Waals surface area contributed by atoms with Gasteiger partial charge in [-0.15, -0.1) is 0 Å². The SMILES string of the molecule is O=C(NCc1ccccc1)c1ccnc(O)c1O. The lowest BCUT2D eigenvalue weighted by Gasteiger charge is -2.07. The highest BCUT2D eigenvalue weighted by Gasteiger charge is 2.14. The van der Waals surface area contributed by atoms with Crippen molar-refractivity contribution < 1.29 is 15.0 Å². The van der Waals surface area contributed by atoms with Crippen LogP contribution in [0.15, 0.2) is 42.6 Å². The normalized spacial score (nSPS) is 10.0. The second-order valence-corrected chi connectivity index (χ2v) is 3.70. The maximum absolute atomic E-state index is 11.8. The van der Waals surface area contributed by atoms with Gasteiger partial charge in [0.2, 0.25) is 0 Å². The molecule has 0 unspecified atom stereocenters. The maximum Gasteiger partial charge on any atom is 0.255 e. The molecule has 0 spiro atoms. The van der Waals surface area contributed by atoms with Crippen molar-refractivity contribution in [3.8, 4) is 11.6 Å². The van der Waals surface area contributed by atoms with Gasteiger partial charge in [0.25, 0.3) is 11.8 Å². The summed E-state index contributed by atoms with van der Waals surface area (Å²) in [5.41, 5.74) is 0.946. The molecule has 0 aliphatic carbocycles. The Balaban J connectivity index is 2.07.